The Labute approximate surface area is 174 Å². The van der Waals surface area contributed by atoms with Crippen molar-refractivity contribution in [1.29, 1.82) is 0 Å². The van der Waals surface area contributed by atoms with E-state index in [0.29, 0.717) is 41.1 Å². The third-order valence-corrected chi connectivity index (χ3v) is 5.19. The zero-order chi connectivity index (χ0) is 21.1. The lowest BCUT2D eigenvalue weighted by Crippen LogP contribution is -2.30. The summed E-state index contributed by atoms with van der Waals surface area (Å²) in [4.78, 5) is 19.6. The van der Waals surface area contributed by atoms with Gasteiger partial charge in [-0.15, -0.1) is 0 Å². The summed E-state index contributed by atoms with van der Waals surface area (Å²) in [5, 5.41) is 4.12. The van der Waals surface area contributed by atoms with Gasteiger partial charge in [0, 0.05) is 18.2 Å². The maximum atomic E-state index is 13.2. The Morgan fingerprint density at radius 2 is 1.80 bits per heavy atom. The molecule has 0 aliphatic carbocycles. The van der Waals surface area contributed by atoms with Crippen molar-refractivity contribution in [1.82, 2.24) is 15.0 Å². The molecule has 30 heavy (non-hydrogen) atoms. The lowest BCUT2D eigenvalue weighted by Gasteiger charge is -2.22. The molecule has 2 aromatic carbocycles. The number of para-hydroxylation sites is 1. The van der Waals surface area contributed by atoms with E-state index in [9.17, 15) is 4.79 Å². The Bertz CT molecular complexity index is 1030. The highest BCUT2D eigenvalue weighted by Gasteiger charge is 2.35. The SMILES string of the molecule is COc1cc(OC)cc(C(=O)N2CCCC2c2nc(-c3ccccc3OC)no2)c1. The minimum absolute atomic E-state index is 0.133. The fraction of sp³-hybridized carbons (Fsp3) is 0.318. The molecule has 0 N–H and O–H groups in total. The molecule has 2 heterocycles. The highest BCUT2D eigenvalue weighted by Crippen LogP contribution is 2.35. The van der Waals surface area contributed by atoms with E-state index >= 15 is 0 Å². The molecule has 1 aliphatic heterocycles. The Hall–Kier alpha value is -3.55. The molecular weight excluding hydrogens is 386 g/mol. The van der Waals surface area contributed by atoms with E-state index in [2.05, 4.69) is 10.1 Å². The molecule has 1 saturated heterocycles. The van der Waals surface area contributed by atoms with E-state index in [1.807, 2.05) is 24.3 Å². The molecule has 1 aliphatic rings. The van der Waals surface area contributed by atoms with Crippen LogP contribution in [-0.4, -0.2) is 48.8 Å². The van der Waals surface area contributed by atoms with E-state index in [1.54, 1.807) is 44.4 Å². The molecule has 0 saturated carbocycles. The van der Waals surface area contributed by atoms with Crippen LogP contribution in [0.5, 0.6) is 17.2 Å². The van der Waals surface area contributed by atoms with Crippen molar-refractivity contribution in [3.05, 3.63) is 53.9 Å². The molecule has 1 atom stereocenters. The summed E-state index contributed by atoms with van der Waals surface area (Å²) < 4.78 is 21.5. The molecule has 1 amide bonds. The minimum atomic E-state index is -0.286. The third kappa shape index (κ3) is 3.68. The Balaban J connectivity index is 1.62. The molecule has 156 valence electrons. The number of aromatic nitrogens is 2. The van der Waals surface area contributed by atoms with Crippen LogP contribution in [-0.2, 0) is 0 Å². The van der Waals surface area contributed by atoms with Crippen molar-refractivity contribution >= 4 is 5.91 Å². The molecule has 0 radical (unpaired) electrons. The van der Waals surface area contributed by atoms with Crippen molar-refractivity contribution in [2.24, 2.45) is 0 Å². The first-order valence-electron chi connectivity index (χ1n) is 9.65. The van der Waals surface area contributed by atoms with Gasteiger partial charge in [0.1, 0.15) is 23.3 Å². The first-order chi connectivity index (χ1) is 14.6. The molecule has 3 aromatic rings. The van der Waals surface area contributed by atoms with Crippen LogP contribution in [0, 0.1) is 0 Å². The van der Waals surface area contributed by atoms with Gasteiger partial charge >= 0.3 is 0 Å². The zero-order valence-corrected chi connectivity index (χ0v) is 17.1. The van der Waals surface area contributed by atoms with Gasteiger partial charge in [0.25, 0.3) is 5.91 Å². The highest BCUT2D eigenvalue weighted by molar-refractivity contribution is 5.95. The second kappa shape index (κ2) is 8.44. The van der Waals surface area contributed by atoms with Gasteiger partial charge in [0.2, 0.25) is 11.7 Å². The van der Waals surface area contributed by atoms with Crippen LogP contribution in [0.4, 0.5) is 0 Å². The number of benzene rings is 2. The second-order valence-electron chi connectivity index (χ2n) is 6.91. The largest absolute Gasteiger partial charge is 0.497 e. The maximum Gasteiger partial charge on any atom is 0.254 e. The van der Waals surface area contributed by atoms with Crippen molar-refractivity contribution in [3.8, 4) is 28.6 Å². The fourth-order valence-electron chi connectivity index (χ4n) is 3.67. The Morgan fingerprint density at radius 3 is 2.50 bits per heavy atom. The lowest BCUT2D eigenvalue weighted by atomic mass is 10.1. The van der Waals surface area contributed by atoms with E-state index in [0.717, 1.165) is 18.4 Å². The Kier molecular flexibility index (Phi) is 5.56. The number of nitrogens with zero attached hydrogens (tertiary/aromatic N) is 3. The molecule has 0 bridgehead atoms. The van der Waals surface area contributed by atoms with Gasteiger partial charge < -0.3 is 23.6 Å². The average Bonchev–Trinajstić information content (AvgIpc) is 3.47. The molecule has 4 rings (SSSR count). The summed E-state index contributed by atoms with van der Waals surface area (Å²) in [7, 11) is 4.71. The molecule has 8 heteroatoms. The standard InChI is InChI=1S/C22H23N3O5/c1-27-15-11-14(12-16(13-15)28-2)22(26)25-10-6-8-18(25)21-23-20(24-30-21)17-7-4-5-9-19(17)29-3/h4-5,7,9,11-13,18H,6,8,10H2,1-3H3. The summed E-state index contributed by atoms with van der Waals surface area (Å²) in [6.45, 7) is 0.607. The first-order valence-corrected chi connectivity index (χ1v) is 9.65. The van der Waals surface area contributed by atoms with E-state index in [-0.39, 0.29) is 11.9 Å². The number of amides is 1. The van der Waals surface area contributed by atoms with Gasteiger partial charge in [0.05, 0.1) is 26.9 Å². The maximum absolute atomic E-state index is 13.2. The topological polar surface area (TPSA) is 86.9 Å². The van der Waals surface area contributed by atoms with E-state index in [1.165, 1.54) is 0 Å². The summed E-state index contributed by atoms with van der Waals surface area (Å²) in [6.07, 6.45) is 1.60. The molecule has 8 nitrogen and oxygen atoms in total. The predicted molar refractivity (Wildman–Crippen MR) is 109 cm³/mol. The monoisotopic (exact) mass is 409 g/mol. The van der Waals surface area contributed by atoms with E-state index < -0.39 is 0 Å². The number of rotatable bonds is 6. The van der Waals surface area contributed by atoms with E-state index in [4.69, 9.17) is 18.7 Å². The normalized spacial score (nSPS) is 15.8. The lowest BCUT2D eigenvalue weighted by molar-refractivity contribution is 0.0709. The molecular formula is C22H23N3O5. The second-order valence-corrected chi connectivity index (χ2v) is 6.91. The van der Waals surface area contributed by atoms with Crippen LogP contribution in [0.25, 0.3) is 11.4 Å². The van der Waals surface area contributed by atoms with Gasteiger partial charge in [-0.1, -0.05) is 17.3 Å². The van der Waals surface area contributed by atoms with Crippen LogP contribution in [0.3, 0.4) is 0 Å². The Morgan fingerprint density at radius 1 is 1.07 bits per heavy atom. The predicted octanol–water partition coefficient (Wildman–Crippen LogP) is 3.74. The number of carbonyl (C=O) groups excluding carboxylic acids is 1. The average molecular weight is 409 g/mol. The van der Waals surface area contributed by atoms with Gasteiger partial charge in [-0.05, 0) is 37.1 Å². The number of ether oxygens (including phenoxy) is 3. The van der Waals surface area contributed by atoms with Gasteiger partial charge in [0.15, 0.2) is 0 Å². The summed E-state index contributed by atoms with van der Waals surface area (Å²) >= 11 is 0. The van der Waals surface area contributed by atoms with Gasteiger partial charge in [-0.3, -0.25) is 4.79 Å². The number of methoxy groups -OCH3 is 3. The summed E-state index contributed by atoms with van der Waals surface area (Å²) in [6, 6.07) is 12.3. The summed E-state index contributed by atoms with van der Waals surface area (Å²) in [5.41, 5.74) is 1.23. The minimum Gasteiger partial charge on any atom is -0.497 e. The number of likely N-dealkylation sites (tertiary alicyclic amines) is 1. The number of carbonyl (C=O) groups is 1. The van der Waals surface area contributed by atoms with Crippen LogP contribution in [0.15, 0.2) is 47.0 Å². The molecule has 1 unspecified atom stereocenters. The fourth-order valence-corrected chi connectivity index (χ4v) is 3.67. The first kappa shape index (κ1) is 19.8. The third-order valence-electron chi connectivity index (χ3n) is 5.19. The number of hydrogen-bond donors (Lipinski definition) is 0. The van der Waals surface area contributed by atoms with Crippen molar-refractivity contribution < 1.29 is 23.5 Å². The van der Waals surface area contributed by atoms with Crippen LogP contribution in [0.2, 0.25) is 0 Å². The van der Waals surface area contributed by atoms with Crippen LogP contribution >= 0.6 is 0 Å². The van der Waals surface area contributed by atoms with Gasteiger partial charge in [-0.2, -0.15) is 4.98 Å². The smallest absolute Gasteiger partial charge is 0.254 e. The highest BCUT2D eigenvalue weighted by atomic mass is 16.5. The van der Waals surface area contributed by atoms with Crippen molar-refractivity contribution in [3.63, 3.8) is 0 Å². The van der Waals surface area contributed by atoms with Crippen molar-refractivity contribution in [2.75, 3.05) is 27.9 Å². The molecule has 1 aromatic heterocycles. The quantitative estimate of drug-likeness (QED) is 0.613. The summed E-state index contributed by atoms with van der Waals surface area (Å²) in [5.74, 6) is 2.50. The van der Waals surface area contributed by atoms with Gasteiger partial charge in [-0.25, -0.2) is 0 Å². The number of hydrogen-bond acceptors (Lipinski definition) is 7. The molecule has 0 spiro atoms. The van der Waals surface area contributed by atoms with Crippen molar-refractivity contribution in [2.45, 2.75) is 18.9 Å². The molecule has 1 fully saturated rings. The van der Waals surface area contributed by atoms with Crippen LogP contribution < -0.4 is 14.2 Å². The van der Waals surface area contributed by atoms with Crippen LogP contribution in [0.1, 0.15) is 35.1 Å². The zero-order valence-electron chi connectivity index (χ0n) is 17.1.